The highest BCUT2D eigenvalue weighted by Crippen LogP contribution is 2.30. The summed E-state index contributed by atoms with van der Waals surface area (Å²) in [7, 11) is 0. The number of carboxylic acids is 1. The second-order valence-corrected chi connectivity index (χ2v) is 4.16. The topological polar surface area (TPSA) is 64.2 Å². The van der Waals surface area contributed by atoms with Gasteiger partial charge in [-0.25, -0.2) is 0 Å². The lowest BCUT2D eigenvalue weighted by atomic mass is 10.2. The van der Waals surface area contributed by atoms with Crippen molar-refractivity contribution in [3.8, 4) is 0 Å². The van der Waals surface area contributed by atoms with E-state index in [1.165, 1.54) is 30.3 Å². The number of para-hydroxylation sites is 1. The molecule has 21 heavy (non-hydrogen) atoms. The van der Waals surface area contributed by atoms with E-state index < -0.39 is 17.7 Å². The molecule has 2 rings (SSSR count). The van der Waals surface area contributed by atoms with Crippen molar-refractivity contribution in [3.63, 3.8) is 0 Å². The number of hydrogen-bond donors (Lipinski definition) is 2. The maximum atomic E-state index is 12.6. The first-order valence-electron chi connectivity index (χ1n) is 5.87. The van der Waals surface area contributed by atoms with E-state index in [1.807, 2.05) is 0 Å². The lowest BCUT2D eigenvalue weighted by molar-refractivity contribution is -0.254. The average molecular weight is 295 g/mol. The Labute approximate surface area is 118 Å². The van der Waals surface area contributed by atoms with Crippen LogP contribution in [-0.2, 0) is 6.18 Å². The Morgan fingerprint density at radius 1 is 1.00 bits per heavy atom. The predicted molar refractivity (Wildman–Crippen MR) is 69.5 cm³/mol. The third-order valence-corrected chi connectivity index (χ3v) is 2.68. The van der Waals surface area contributed by atoms with Crippen molar-refractivity contribution in [1.29, 1.82) is 0 Å². The van der Waals surface area contributed by atoms with Crippen molar-refractivity contribution >= 4 is 17.3 Å². The molecule has 0 heterocycles. The van der Waals surface area contributed by atoms with Crippen LogP contribution in [0, 0.1) is 0 Å². The summed E-state index contributed by atoms with van der Waals surface area (Å²) in [6.07, 6.45) is -4.44. The largest absolute Gasteiger partial charge is 0.545 e. The summed E-state index contributed by atoms with van der Waals surface area (Å²) in [4.78, 5) is 10.9. The van der Waals surface area contributed by atoms with Gasteiger partial charge in [0.2, 0.25) is 0 Å². The quantitative estimate of drug-likeness (QED) is 0.851. The highest BCUT2D eigenvalue weighted by Gasteiger charge is 2.30. The van der Waals surface area contributed by atoms with Gasteiger partial charge in [-0.1, -0.05) is 24.3 Å². The summed E-state index contributed by atoms with van der Waals surface area (Å²) >= 11 is 0. The van der Waals surface area contributed by atoms with Gasteiger partial charge in [0.1, 0.15) is 0 Å². The molecule has 2 N–H and O–H groups in total. The van der Waals surface area contributed by atoms with Crippen molar-refractivity contribution in [2.45, 2.75) is 6.18 Å². The molecule has 2 aromatic rings. The summed E-state index contributed by atoms with van der Waals surface area (Å²) in [6, 6.07) is 10.4. The zero-order valence-corrected chi connectivity index (χ0v) is 10.6. The van der Waals surface area contributed by atoms with Gasteiger partial charge in [0.05, 0.1) is 22.9 Å². The number of nitrogens with one attached hydrogen (secondary N) is 2. The summed E-state index contributed by atoms with van der Waals surface area (Å²) < 4.78 is 37.7. The van der Waals surface area contributed by atoms with Crippen LogP contribution in [0.3, 0.4) is 0 Å². The summed E-state index contributed by atoms with van der Waals surface area (Å²) in [5.41, 5.74) is 4.52. The summed E-state index contributed by atoms with van der Waals surface area (Å²) in [5, 5.41) is 10.9. The zero-order chi connectivity index (χ0) is 15.5. The van der Waals surface area contributed by atoms with E-state index in [4.69, 9.17) is 0 Å². The third kappa shape index (κ3) is 3.65. The van der Waals surface area contributed by atoms with Crippen LogP contribution in [0.1, 0.15) is 15.9 Å². The SMILES string of the molecule is O=C([O-])c1ccccc1NNc1cccc(C(F)(F)F)c1. The van der Waals surface area contributed by atoms with Crippen LogP contribution in [0.5, 0.6) is 0 Å². The Bertz CT molecular complexity index is 657. The fraction of sp³-hybridized carbons (Fsp3) is 0.0714. The Balaban J connectivity index is 2.16. The number of carbonyl (C=O) groups is 1. The molecule has 0 fully saturated rings. The van der Waals surface area contributed by atoms with Crippen LogP contribution in [0.4, 0.5) is 24.5 Å². The molecule has 110 valence electrons. The van der Waals surface area contributed by atoms with Crippen molar-refractivity contribution < 1.29 is 23.1 Å². The molecule has 0 aliphatic heterocycles. The average Bonchev–Trinajstić information content (AvgIpc) is 2.45. The van der Waals surface area contributed by atoms with Gasteiger partial charge in [-0.3, -0.25) is 0 Å². The van der Waals surface area contributed by atoms with Gasteiger partial charge in [-0.15, -0.1) is 0 Å². The number of anilines is 2. The number of hydrogen-bond acceptors (Lipinski definition) is 4. The molecule has 0 radical (unpaired) electrons. The molecule has 0 saturated carbocycles. The molecule has 0 spiro atoms. The second kappa shape index (κ2) is 5.74. The molecule has 0 aliphatic rings. The van der Waals surface area contributed by atoms with Crippen LogP contribution in [0.15, 0.2) is 48.5 Å². The lowest BCUT2D eigenvalue weighted by Crippen LogP contribution is -2.24. The van der Waals surface area contributed by atoms with Crippen LogP contribution < -0.4 is 16.0 Å². The maximum Gasteiger partial charge on any atom is 0.416 e. The fourth-order valence-corrected chi connectivity index (χ4v) is 1.68. The predicted octanol–water partition coefficient (Wildman–Crippen LogP) is 2.51. The van der Waals surface area contributed by atoms with Gasteiger partial charge < -0.3 is 20.8 Å². The van der Waals surface area contributed by atoms with Gasteiger partial charge >= 0.3 is 6.18 Å². The maximum absolute atomic E-state index is 12.6. The van der Waals surface area contributed by atoms with Crippen molar-refractivity contribution in [2.24, 2.45) is 0 Å². The minimum Gasteiger partial charge on any atom is -0.545 e. The van der Waals surface area contributed by atoms with E-state index in [2.05, 4.69) is 10.9 Å². The lowest BCUT2D eigenvalue weighted by Gasteiger charge is -2.15. The van der Waals surface area contributed by atoms with Crippen molar-refractivity contribution in [3.05, 3.63) is 59.7 Å². The smallest absolute Gasteiger partial charge is 0.416 e. The van der Waals surface area contributed by atoms with E-state index >= 15 is 0 Å². The molecule has 0 aromatic heterocycles. The van der Waals surface area contributed by atoms with E-state index in [-0.39, 0.29) is 16.9 Å². The van der Waals surface area contributed by atoms with E-state index in [0.717, 1.165) is 12.1 Å². The van der Waals surface area contributed by atoms with Crippen molar-refractivity contribution in [1.82, 2.24) is 0 Å². The van der Waals surface area contributed by atoms with Crippen LogP contribution in [0.25, 0.3) is 0 Å². The van der Waals surface area contributed by atoms with Crippen LogP contribution in [-0.4, -0.2) is 5.97 Å². The Morgan fingerprint density at radius 3 is 2.38 bits per heavy atom. The Morgan fingerprint density at radius 2 is 1.71 bits per heavy atom. The van der Waals surface area contributed by atoms with Gasteiger partial charge in [0.25, 0.3) is 0 Å². The molecule has 0 saturated heterocycles. The van der Waals surface area contributed by atoms with Gasteiger partial charge in [0, 0.05) is 5.56 Å². The van der Waals surface area contributed by atoms with Gasteiger partial charge in [-0.05, 0) is 24.3 Å². The van der Waals surface area contributed by atoms with Crippen LogP contribution in [0.2, 0.25) is 0 Å². The number of alkyl halides is 3. The Hall–Kier alpha value is -2.70. The number of aromatic carboxylic acids is 1. The van der Waals surface area contributed by atoms with E-state index in [0.29, 0.717) is 0 Å². The van der Waals surface area contributed by atoms with Gasteiger partial charge in [0.15, 0.2) is 0 Å². The van der Waals surface area contributed by atoms with Crippen LogP contribution >= 0.6 is 0 Å². The first kappa shape index (κ1) is 14.7. The molecule has 7 heteroatoms. The minimum absolute atomic E-state index is 0.100. The number of carboxylic acid groups (broad SMARTS) is 1. The molecule has 0 aliphatic carbocycles. The third-order valence-electron chi connectivity index (χ3n) is 2.68. The fourth-order valence-electron chi connectivity index (χ4n) is 1.68. The highest BCUT2D eigenvalue weighted by atomic mass is 19.4. The normalized spacial score (nSPS) is 11.0. The Kier molecular flexibility index (Phi) is 4.02. The molecule has 0 atom stereocenters. The number of carbonyl (C=O) groups excluding carboxylic acids is 1. The molecule has 2 aromatic carbocycles. The van der Waals surface area contributed by atoms with E-state index in [1.54, 1.807) is 6.07 Å². The first-order valence-corrected chi connectivity index (χ1v) is 5.87. The second-order valence-electron chi connectivity index (χ2n) is 4.16. The number of halogens is 3. The van der Waals surface area contributed by atoms with Crippen molar-refractivity contribution in [2.75, 3.05) is 10.9 Å². The molecule has 4 nitrogen and oxygen atoms in total. The molecule has 0 unspecified atom stereocenters. The molecular formula is C14H10F3N2O2-. The van der Waals surface area contributed by atoms with Gasteiger partial charge in [-0.2, -0.15) is 13.2 Å². The summed E-state index contributed by atoms with van der Waals surface area (Å²) in [6.45, 7) is 0. The minimum atomic E-state index is -4.44. The first-order chi connectivity index (χ1) is 9.88. The number of hydrazine groups is 1. The molecule has 0 amide bonds. The monoisotopic (exact) mass is 295 g/mol. The number of benzene rings is 2. The molecular weight excluding hydrogens is 285 g/mol. The highest BCUT2D eigenvalue weighted by molar-refractivity contribution is 5.92. The molecule has 0 bridgehead atoms. The van der Waals surface area contributed by atoms with E-state index in [9.17, 15) is 23.1 Å². The standard InChI is InChI=1S/C14H11F3N2O2/c15-14(16,17)9-4-3-5-10(8-9)18-19-12-7-2-1-6-11(12)13(20)21/h1-8,18-19H,(H,20,21)/p-1. The summed E-state index contributed by atoms with van der Waals surface area (Å²) in [5.74, 6) is -1.39. The zero-order valence-electron chi connectivity index (χ0n) is 10.6. The number of rotatable bonds is 4.